The minimum Gasteiger partial charge on any atom is -0.495 e. The molecule has 0 atom stereocenters. The second-order valence-electron chi connectivity index (χ2n) is 7.03. The molecule has 7 heteroatoms. The molecule has 1 fully saturated rings. The maximum absolute atomic E-state index is 12.7. The molecule has 1 saturated heterocycles. The van der Waals surface area contributed by atoms with Gasteiger partial charge in [-0.2, -0.15) is 0 Å². The van der Waals surface area contributed by atoms with Crippen molar-refractivity contribution in [3.63, 3.8) is 0 Å². The van der Waals surface area contributed by atoms with Gasteiger partial charge in [0.25, 0.3) is 5.91 Å². The number of pyridine rings is 1. The number of methoxy groups -OCH3 is 1. The fourth-order valence-corrected chi connectivity index (χ4v) is 3.39. The number of aromatic nitrogens is 1. The molecule has 1 aliphatic rings. The molecule has 0 saturated carbocycles. The molecule has 150 valence electrons. The summed E-state index contributed by atoms with van der Waals surface area (Å²) in [5.74, 6) is 1.39. The van der Waals surface area contributed by atoms with E-state index in [-0.39, 0.29) is 11.7 Å². The highest BCUT2D eigenvalue weighted by molar-refractivity contribution is 6.03. The molecule has 0 radical (unpaired) electrons. The summed E-state index contributed by atoms with van der Waals surface area (Å²) in [7, 11) is 3.78. The fraction of sp³-hybridized carbons (Fsp3) is 0.273. The van der Waals surface area contributed by atoms with Gasteiger partial charge in [-0.15, -0.1) is 0 Å². The average molecular weight is 392 g/mol. The van der Waals surface area contributed by atoms with Gasteiger partial charge in [-0.3, -0.25) is 9.78 Å². The number of piperazine rings is 1. The number of hydrogen-bond acceptors (Lipinski definition) is 6. The van der Waals surface area contributed by atoms with Crippen molar-refractivity contribution in [2.75, 3.05) is 50.6 Å². The maximum Gasteiger partial charge on any atom is 0.291 e. The summed E-state index contributed by atoms with van der Waals surface area (Å²) in [4.78, 5) is 21.2. The van der Waals surface area contributed by atoms with Crippen LogP contribution < -0.4 is 15.0 Å². The summed E-state index contributed by atoms with van der Waals surface area (Å²) in [6.07, 6.45) is 3.38. The van der Waals surface area contributed by atoms with E-state index in [0.717, 1.165) is 43.2 Å². The Morgan fingerprint density at radius 2 is 1.83 bits per heavy atom. The molecule has 1 aromatic carbocycles. The van der Waals surface area contributed by atoms with Crippen molar-refractivity contribution in [2.45, 2.75) is 0 Å². The first-order chi connectivity index (χ1) is 14.1. The number of likely N-dealkylation sites (N-methyl/N-ethyl adjacent to an activating group) is 1. The standard InChI is InChI=1S/C22H24N4O3/c1-25-11-13-26(14-12-25)18-15-17(3-4-20(18)28-2)24-22(27)21-6-5-19(29-21)16-7-9-23-10-8-16/h3-10,15H,11-14H2,1-2H3,(H,24,27). The van der Waals surface area contributed by atoms with Gasteiger partial charge in [0.2, 0.25) is 0 Å². The third kappa shape index (κ3) is 4.25. The van der Waals surface area contributed by atoms with Crippen LogP contribution in [0.25, 0.3) is 11.3 Å². The highest BCUT2D eigenvalue weighted by atomic mass is 16.5. The maximum atomic E-state index is 12.7. The molecule has 1 aliphatic heterocycles. The SMILES string of the molecule is COc1ccc(NC(=O)c2ccc(-c3ccncc3)o2)cc1N1CCN(C)CC1. The van der Waals surface area contributed by atoms with Gasteiger partial charge < -0.3 is 24.3 Å². The van der Waals surface area contributed by atoms with Crippen LogP contribution >= 0.6 is 0 Å². The highest BCUT2D eigenvalue weighted by Crippen LogP contribution is 2.32. The van der Waals surface area contributed by atoms with Gasteiger partial charge >= 0.3 is 0 Å². The quantitative estimate of drug-likeness (QED) is 0.718. The molecule has 1 N–H and O–H groups in total. The third-order valence-electron chi connectivity index (χ3n) is 5.08. The van der Waals surface area contributed by atoms with Crippen molar-refractivity contribution < 1.29 is 13.9 Å². The number of nitrogens with zero attached hydrogens (tertiary/aromatic N) is 3. The summed E-state index contributed by atoms with van der Waals surface area (Å²) in [6, 6.07) is 12.8. The number of anilines is 2. The van der Waals surface area contributed by atoms with Crippen molar-refractivity contribution in [2.24, 2.45) is 0 Å². The lowest BCUT2D eigenvalue weighted by molar-refractivity contribution is 0.0997. The van der Waals surface area contributed by atoms with Gasteiger partial charge in [-0.1, -0.05) is 0 Å². The molecular weight excluding hydrogens is 368 g/mol. The number of hydrogen-bond donors (Lipinski definition) is 1. The molecular formula is C22H24N4O3. The molecule has 7 nitrogen and oxygen atoms in total. The number of furan rings is 1. The molecule has 0 aliphatic carbocycles. The first-order valence-corrected chi connectivity index (χ1v) is 9.57. The van der Waals surface area contributed by atoms with E-state index in [0.29, 0.717) is 11.4 Å². The van der Waals surface area contributed by atoms with E-state index >= 15 is 0 Å². The van der Waals surface area contributed by atoms with Crippen LogP contribution in [0.3, 0.4) is 0 Å². The second-order valence-corrected chi connectivity index (χ2v) is 7.03. The number of rotatable bonds is 5. The lowest BCUT2D eigenvalue weighted by Crippen LogP contribution is -2.44. The van der Waals surface area contributed by atoms with Crippen molar-refractivity contribution in [3.8, 4) is 17.1 Å². The van der Waals surface area contributed by atoms with Crippen LogP contribution in [0.4, 0.5) is 11.4 Å². The number of nitrogens with one attached hydrogen (secondary N) is 1. The lowest BCUT2D eigenvalue weighted by atomic mass is 10.2. The Morgan fingerprint density at radius 1 is 1.07 bits per heavy atom. The molecule has 29 heavy (non-hydrogen) atoms. The molecule has 2 aromatic heterocycles. The van der Waals surface area contributed by atoms with E-state index < -0.39 is 0 Å². The zero-order chi connectivity index (χ0) is 20.2. The van der Waals surface area contributed by atoms with Crippen molar-refractivity contribution in [1.82, 2.24) is 9.88 Å². The van der Waals surface area contributed by atoms with E-state index in [9.17, 15) is 4.79 Å². The predicted octanol–water partition coefficient (Wildman–Crippen LogP) is 3.35. The Kier molecular flexibility index (Phi) is 5.48. The Labute approximate surface area is 169 Å². The van der Waals surface area contributed by atoms with E-state index in [4.69, 9.17) is 9.15 Å². The van der Waals surface area contributed by atoms with Gasteiger partial charge in [0, 0.05) is 49.8 Å². The zero-order valence-electron chi connectivity index (χ0n) is 16.6. The van der Waals surface area contributed by atoms with Crippen molar-refractivity contribution in [1.29, 1.82) is 0 Å². The summed E-state index contributed by atoms with van der Waals surface area (Å²) in [5, 5.41) is 2.92. The Balaban J connectivity index is 1.51. The summed E-state index contributed by atoms with van der Waals surface area (Å²) >= 11 is 0. The molecule has 3 heterocycles. The van der Waals surface area contributed by atoms with Crippen molar-refractivity contribution in [3.05, 3.63) is 60.6 Å². The Bertz CT molecular complexity index is 979. The van der Waals surface area contributed by atoms with Gasteiger partial charge in [-0.05, 0) is 49.5 Å². The largest absolute Gasteiger partial charge is 0.495 e. The van der Waals surface area contributed by atoms with Crippen LogP contribution in [0.15, 0.2) is 59.3 Å². The fourth-order valence-electron chi connectivity index (χ4n) is 3.39. The van der Waals surface area contributed by atoms with Crippen LogP contribution in [0.5, 0.6) is 5.75 Å². The van der Waals surface area contributed by atoms with Gasteiger partial charge in [0.05, 0.1) is 12.8 Å². The molecule has 0 unspecified atom stereocenters. The minimum absolute atomic E-state index is 0.258. The number of carbonyl (C=O) groups excluding carboxylic acids is 1. The normalized spacial score (nSPS) is 14.6. The number of benzene rings is 1. The van der Waals surface area contributed by atoms with E-state index in [1.54, 1.807) is 31.6 Å². The van der Waals surface area contributed by atoms with E-state index in [2.05, 4.69) is 27.1 Å². The number of ether oxygens (including phenoxy) is 1. The lowest BCUT2D eigenvalue weighted by Gasteiger charge is -2.34. The number of carbonyl (C=O) groups is 1. The monoisotopic (exact) mass is 392 g/mol. The third-order valence-corrected chi connectivity index (χ3v) is 5.08. The topological polar surface area (TPSA) is 70.8 Å². The smallest absolute Gasteiger partial charge is 0.291 e. The van der Waals surface area contributed by atoms with Crippen LogP contribution in [0.2, 0.25) is 0 Å². The molecule has 4 rings (SSSR count). The number of amides is 1. The second kappa shape index (κ2) is 8.36. The molecule has 1 amide bonds. The van der Waals surface area contributed by atoms with Crippen LogP contribution in [0, 0.1) is 0 Å². The predicted molar refractivity (Wildman–Crippen MR) is 113 cm³/mol. The van der Waals surface area contributed by atoms with E-state index in [1.807, 2.05) is 30.3 Å². The minimum atomic E-state index is -0.292. The summed E-state index contributed by atoms with van der Waals surface area (Å²) in [5.41, 5.74) is 2.56. The van der Waals surface area contributed by atoms with Crippen molar-refractivity contribution >= 4 is 17.3 Å². The van der Waals surface area contributed by atoms with E-state index in [1.165, 1.54) is 0 Å². The molecule has 0 bridgehead atoms. The van der Waals surface area contributed by atoms with Gasteiger partial charge in [0.1, 0.15) is 11.5 Å². The van der Waals surface area contributed by atoms with Gasteiger partial charge in [0.15, 0.2) is 5.76 Å². The first-order valence-electron chi connectivity index (χ1n) is 9.57. The molecule has 3 aromatic rings. The highest BCUT2D eigenvalue weighted by Gasteiger charge is 2.19. The van der Waals surface area contributed by atoms with Crippen LogP contribution in [-0.2, 0) is 0 Å². The Hall–Kier alpha value is -3.32. The Morgan fingerprint density at radius 3 is 2.55 bits per heavy atom. The first kappa shape index (κ1) is 19.0. The summed E-state index contributed by atoms with van der Waals surface area (Å²) in [6.45, 7) is 3.81. The van der Waals surface area contributed by atoms with Gasteiger partial charge in [-0.25, -0.2) is 0 Å². The van der Waals surface area contributed by atoms with Crippen LogP contribution in [0.1, 0.15) is 10.6 Å². The molecule has 0 spiro atoms. The summed E-state index contributed by atoms with van der Waals surface area (Å²) < 4.78 is 11.3. The average Bonchev–Trinajstić information content (AvgIpc) is 3.25. The zero-order valence-corrected chi connectivity index (χ0v) is 16.6. The van der Waals surface area contributed by atoms with Crippen LogP contribution in [-0.4, -0.2) is 56.1 Å².